The summed E-state index contributed by atoms with van der Waals surface area (Å²) >= 11 is 0. The van der Waals surface area contributed by atoms with Gasteiger partial charge >= 0.3 is 5.97 Å². The molecular weight excluding hydrogens is 234 g/mol. The molecule has 1 atom stereocenters. The third-order valence-corrected chi connectivity index (χ3v) is 2.96. The molecule has 1 saturated heterocycles. The number of aryl methyl sites for hydroxylation is 1. The largest absolute Gasteiger partial charge is 0.478 e. The van der Waals surface area contributed by atoms with Crippen LogP contribution < -0.4 is 5.32 Å². The number of benzene rings is 1. The van der Waals surface area contributed by atoms with E-state index in [4.69, 9.17) is 9.84 Å². The number of carboxylic acid groups (broad SMARTS) is 1. The number of carbonyl (C=O) groups is 2. The Morgan fingerprint density at radius 2 is 2.22 bits per heavy atom. The van der Waals surface area contributed by atoms with Gasteiger partial charge < -0.3 is 15.2 Å². The number of anilines is 1. The zero-order valence-corrected chi connectivity index (χ0v) is 10.1. The minimum atomic E-state index is -0.999. The van der Waals surface area contributed by atoms with Crippen molar-refractivity contribution in [2.24, 2.45) is 0 Å². The Labute approximate surface area is 105 Å². The Kier molecular flexibility index (Phi) is 3.62. The average molecular weight is 249 g/mol. The third-order valence-electron chi connectivity index (χ3n) is 2.96. The molecule has 1 aromatic rings. The second kappa shape index (κ2) is 5.18. The quantitative estimate of drug-likeness (QED) is 0.856. The van der Waals surface area contributed by atoms with Gasteiger partial charge in [-0.05, 0) is 37.5 Å². The molecule has 5 nitrogen and oxygen atoms in total. The van der Waals surface area contributed by atoms with Gasteiger partial charge in [0.15, 0.2) is 0 Å². The first-order valence-electron chi connectivity index (χ1n) is 5.84. The highest BCUT2D eigenvalue weighted by Gasteiger charge is 2.23. The summed E-state index contributed by atoms with van der Waals surface area (Å²) in [6.45, 7) is 2.32. The van der Waals surface area contributed by atoms with Gasteiger partial charge in [-0.15, -0.1) is 0 Å². The Morgan fingerprint density at radius 3 is 2.83 bits per heavy atom. The van der Waals surface area contributed by atoms with Crippen molar-refractivity contribution in [1.82, 2.24) is 0 Å². The van der Waals surface area contributed by atoms with Crippen molar-refractivity contribution in [2.75, 3.05) is 11.9 Å². The van der Waals surface area contributed by atoms with Crippen LogP contribution in [0.3, 0.4) is 0 Å². The summed E-state index contributed by atoms with van der Waals surface area (Å²) in [6.07, 6.45) is 1.18. The highest BCUT2D eigenvalue weighted by molar-refractivity contribution is 5.96. The minimum absolute atomic E-state index is 0.195. The predicted molar refractivity (Wildman–Crippen MR) is 65.7 cm³/mol. The molecule has 96 valence electrons. The first kappa shape index (κ1) is 12.6. The summed E-state index contributed by atoms with van der Waals surface area (Å²) in [4.78, 5) is 22.8. The molecule has 0 spiro atoms. The molecule has 0 aliphatic carbocycles. The Bertz CT molecular complexity index is 478. The van der Waals surface area contributed by atoms with E-state index < -0.39 is 12.1 Å². The van der Waals surface area contributed by atoms with Crippen molar-refractivity contribution in [2.45, 2.75) is 25.9 Å². The first-order valence-corrected chi connectivity index (χ1v) is 5.84. The molecule has 0 aromatic heterocycles. The van der Waals surface area contributed by atoms with Gasteiger partial charge in [-0.2, -0.15) is 0 Å². The second-order valence-corrected chi connectivity index (χ2v) is 4.33. The summed E-state index contributed by atoms with van der Waals surface area (Å²) in [7, 11) is 0. The van der Waals surface area contributed by atoms with Gasteiger partial charge in [0.1, 0.15) is 6.10 Å². The standard InChI is InChI=1S/C13H15NO4/c1-8-4-5-9(7-10(8)13(16)17)14-12(15)11-3-2-6-18-11/h4-5,7,11H,2-3,6H2,1H3,(H,14,15)(H,16,17). The van der Waals surface area contributed by atoms with Crippen LogP contribution in [0.4, 0.5) is 5.69 Å². The van der Waals surface area contributed by atoms with Crippen LogP contribution in [0.1, 0.15) is 28.8 Å². The minimum Gasteiger partial charge on any atom is -0.478 e. The SMILES string of the molecule is Cc1ccc(NC(=O)C2CCCO2)cc1C(=O)O. The first-order chi connectivity index (χ1) is 8.58. The van der Waals surface area contributed by atoms with E-state index in [-0.39, 0.29) is 11.5 Å². The molecule has 0 radical (unpaired) electrons. The molecular formula is C13H15NO4. The number of hydrogen-bond acceptors (Lipinski definition) is 3. The van der Waals surface area contributed by atoms with Crippen molar-refractivity contribution < 1.29 is 19.4 Å². The third kappa shape index (κ3) is 2.68. The van der Waals surface area contributed by atoms with E-state index in [0.29, 0.717) is 24.3 Å². The molecule has 1 fully saturated rings. The second-order valence-electron chi connectivity index (χ2n) is 4.33. The Morgan fingerprint density at radius 1 is 1.44 bits per heavy atom. The molecule has 1 aromatic carbocycles. The van der Waals surface area contributed by atoms with Gasteiger partial charge in [0.25, 0.3) is 5.91 Å². The van der Waals surface area contributed by atoms with Crippen LogP contribution in [-0.2, 0) is 9.53 Å². The molecule has 1 amide bonds. The van der Waals surface area contributed by atoms with Crippen LogP contribution in [0.15, 0.2) is 18.2 Å². The van der Waals surface area contributed by atoms with Gasteiger partial charge in [-0.3, -0.25) is 4.79 Å². The maximum absolute atomic E-state index is 11.8. The number of hydrogen-bond donors (Lipinski definition) is 2. The molecule has 0 saturated carbocycles. The van der Waals surface area contributed by atoms with Crippen LogP contribution in [0.5, 0.6) is 0 Å². The summed E-state index contributed by atoms with van der Waals surface area (Å²) in [5.74, 6) is -1.21. The van der Waals surface area contributed by atoms with Crippen LogP contribution >= 0.6 is 0 Å². The van der Waals surface area contributed by atoms with Crippen molar-refractivity contribution >= 4 is 17.6 Å². The molecule has 1 heterocycles. The molecule has 18 heavy (non-hydrogen) atoms. The van der Waals surface area contributed by atoms with E-state index in [1.807, 2.05) is 0 Å². The van der Waals surface area contributed by atoms with E-state index >= 15 is 0 Å². The van der Waals surface area contributed by atoms with Crippen molar-refractivity contribution in [3.8, 4) is 0 Å². The molecule has 1 aliphatic rings. The lowest BCUT2D eigenvalue weighted by Crippen LogP contribution is -2.26. The van der Waals surface area contributed by atoms with Crippen molar-refractivity contribution in [3.63, 3.8) is 0 Å². The maximum Gasteiger partial charge on any atom is 0.336 e. The summed E-state index contributed by atoms with van der Waals surface area (Å²) in [6, 6.07) is 4.83. The highest BCUT2D eigenvalue weighted by atomic mass is 16.5. The zero-order chi connectivity index (χ0) is 13.1. The van der Waals surface area contributed by atoms with E-state index in [2.05, 4.69) is 5.32 Å². The molecule has 5 heteroatoms. The van der Waals surface area contributed by atoms with Gasteiger partial charge in [-0.25, -0.2) is 4.79 Å². The molecule has 2 rings (SSSR count). The van der Waals surface area contributed by atoms with Gasteiger partial charge in [0.2, 0.25) is 0 Å². The van der Waals surface area contributed by atoms with Crippen molar-refractivity contribution in [3.05, 3.63) is 29.3 Å². The Balaban J connectivity index is 2.11. The monoisotopic (exact) mass is 249 g/mol. The summed E-state index contributed by atoms with van der Waals surface area (Å²) in [5.41, 5.74) is 1.34. The number of carbonyl (C=O) groups excluding carboxylic acids is 1. The highest BCUT2D eigenvalue weighted by Crippen LogP contribution is 2.18. The summed E-state index contributed by atoms with van der Waals surface area (Å²) in [5, 5.41) is 11.7. The normalized spacial score (nSPS) is 18.6. The number of aromatic carboxylic acids is 1. The van der Waals surface area contributed by atoms with E-state index in [0.717, 1.165) is 6.42 Å². The lowest BCUT2D eigenvalue weighted by molar-refractivity contribution is -0.124. The molecule has 0 bridgehead atoms. The lowest BCUT2D eigenvalue weighted by Gasteiger charge is -2.11. The smallest absolute Gasteiger partial charge is 0.336 e. The topological polar surface area (TPSA) is 75.6 Å². The Hall–Kier alpha value is -1.88. The van der Waals surface area contributed by atoms with Gasteiger partial charge in [0.05, 0.1) is 5.56 Å². The van der Waals surface area contributed by atoms with E-state index in [9.17, 15) is 9.59 Å². The molecule has 2 N–H and O–H groups in total. The van der Waals surface area contributed by atoms with Gasteiger partial charge in [-0.1, -0.05) is 6.07 Å². The fourth-order valence-corrected chi connectivity index (χ4v) is 1.94. The number of amides is 1. The zero-order valence-electron chi connectivity index (χ0n) is 10.1. The van der Waals surface area contributed by atoms with Gasteiger partial charge in [0, 0.05) is 12.3 Å². The number of rotatable bonds is 3. The van der Waals surface area contributed by atoms with Crippen LogP contribution in [0.2, 0.25) is 0 Å². The van der Waals surface area contributed by atoms with Crippen LogP contribution in [-0.4, -0.2) is 29.7 Å². The van der Waals surface area contributed by atoms with E-state index in [1.54, 1.807) is 19.1 Å². The van der Waals surface area contributed by atoms with Crippen LogP contribution in [0.25, 0.3) is 0 Å². The average Bonchev–Trinajstić information content (AvgIpc) is 2.85. The molecule has 1 aliphatic heterocycles. The fraction of sp³-hybridized carbons (Fsp3) is 0.385. The lowest BCUT2D eigenvalue weighted by atomic mass is 10.1. The summed E-state index contributed by atoms with van der Waals surface area (Å²) < 4.78 is 5.26. The predicted octanol–water partition coefficient (Wildman–Crippen LogP) is 1.81. The van der Waals surface area contributed by atoms with Crippen LogP contribution in [0, 0.1) is 6.92 Å². The number of nitrogens with one attached hydrogen (secondary N) is 1. The fourth-order valence-electron chi connectivity index (χ4n) is 1.94. The maximum atomic E-state index is 11.8. The van der Waals surface area contributed by atoms with E-state index in [1.165, 1.54) is 6.07 Å². The number of ether oxygens (including phenoxy) is 1. The molecule has 1 unspecified atom stereocenters. The number of carboxylic acids is 1. The van der Waals surface area contributed by atoms with Crippen molar-refractivity contribution in [1.29, 1.82) is 0 Å².